The summed E-state index contributed by atoms with van der Waals surface area (Å²) in [6.45, 7) is 0.195. The maximum Gasteiger partial charge on any atom is 0.109 e. The lowest BCUT2D eigenvalue weighted by Gasteiger charge is -2.03. The lowest BCUT2D eigenvalue weighted by Crippen LogP contribution is -2.12. The first-order valence-electron chi connectivity index (χ1n) is 2.82. The zero-order valence-electron chi connectivity index (χ0n) is 5.21. The van der Waals surface area contributed by atoms with Gasteiger partial charge in [-0.15, -0.1) is 0 Å². The van der Waals surface area contributed by atoms with Crippen molar-refractivity contribution in [2.45, 2.75) is 6.10 Å². The van der Waals surface area contributed by atoms with E-state index in [-0.39, 0.29) is 6.54 Å². The molecule has 0 saturated carbocycles. The van der Waals surface area contributed by atoms with Crippen molar-refractivity contribution in [3.8, 4) is 0 Å². The highest BCUT2D eigenvalue weighted by Gasteiger charge is 2.09. The number of nitrogens with two attached hydrogens (primary N) is 1. The van der Waals surface area contributed by atoms with Crippen LogP contribution in [0.2, 0.25) is 0 Å². The molecule has 5 heteroatoms. The fourth-order valence-electron chi connectivity index (χ4n) is 0.633. The van der Waals surface area contributed by atoms with Crippen molar-refractivity contribution in [1.82, 2.24) is 10.2 Å². The summed E-state index contributed by atoms with van der Waals surface area (Å²) in [7, 11) is 0. The van der Waals surface area contributed by atoms with Gasteiger partial charge in [-0.1, -0.05) is 0 Å². The molecule has 4 N–H and O–H groups in total. The van der Waals surface area contributed by atoms with Gasteiger partial charge in [-0.2, -0.15) is 5.10 Å². The number of H-pyrrole nitrogens is 1. The quantitative estimate of drug-likeness (QED) is 0.645. The highest BCUT2D eigenvalue weighted by molar-refractivity contribution is 9.10. The van der Waals surface area contributed by atoms with Crippen molar-refractivity contribution in [3.63, 3.8) is 0 Å². The van der Waals surface area contributed by atoms with Crippen LogP contribution < -0.4 is 5.73 Å². The second-order valence-electron chi connectivity index (χ2n) is 1.88. The highest BCUT2D eigenvalue weighted by Crippen LogP contribution is 2.18. The third-order valence-corrected chi connectivity index (χ3v) is 1.81. The third kappa shape index (κ3) is 1.36. The zero-order chi connectivity index (χ0) is 7.56. The van der Waals surface area contributed by atoms with Gasteiger partial charge in [0, 0.05) is 6.54 Å². The summed E-state index contributed by atoms with van der Waals surface area (Å²) in [5.74, 6) is 0. The van der Waals surface area contributed by atoms with Gasteiger partial charge in [0.05, 0.1) is 16.4 Å². The number of hydrogen-bond donors (Lipinski definition) is 3. The number of nitrogens with one attached hydrogen (secondary N) is 1. The molecule has 0 bridgehead atoms. The van der Waals surface area contributed by atoms with E-state index in [1.165, 1.54) is 0 Å². The minimum atomic E-state index is -0.656. The predicted molar refractivity (Wildman–Crippen MR) is 40.3 cm³/mol. The molecule has 0 aliphatic heterocycles. The van der Waals surface area contributed by atoms with Crippen molar-refractivity contribution < 1.29 is 5.11 Å². The van der Waals surface area contributed by atoms with E-state index < -0.39 is 6.10 Å². The summed E-state index contributed by atoms with van der Waals surface area (Å²) < 4.78 is 0.755. The Kier molecular flexibility index (Phi) is 2.42. The van der Waals surface area contributed by atoms with Gasteiger partial charge in [0.15, 0.2) is 0 Å². The average molecular weight is 206 g/mol. The number of aliphatic hydroxyl groups excluding tert-OH is 1. The molecular formula is C5H8BrN3O. The van der Waals surface area contributed by atoms with Crippen molar-refractivity contribution in [2.75, 3.05) is 6.54 Å². The Bertz CT molecular complexity index is 212. The van der Waals surface area contributed by atoms with E-state index in [4.69, 9.17) is 5.73 Å². The molecule has 0 unspecified atom stereocenters. The van der Waals surface area contributed by atoms with Gasteiger partial charge in [-0.25, -0.2) is 0 Å². The molecule has 0 aliphatic carbocycles. The van der Waals surface area contributed by atoms with Gasteiger partial charge in [-0.3, -0.25) is 5.10 Å². The Morgan fingerprint density at radius 1 is 1.90 bits per heavy atom. The highest BCUT2D eigenvalue weighted by atomic mass is 79.9. The first-order valence-corrected chi connectivity index (χ1v) is 3.62. The maximum absolute atomic E-state index is 9.17. The summed E-state index contributed by atoms with van der Waals surface area (Å²) in [5.41, 5.74) is 5.84. The minimum Gasteiger partial charge on any atom is -0.385 e. The normalized spacial score (nSPS) is 13.5. The van der Waals surface area contributed by atoms with Crippen molar-refractivity contribution in [1.29, 1.82) is 0 Å². The average Bonchev–Trinajstić information content (AvgIpc) is 2.34. The molecule has 0 aromatic carbocycles. The number of aromatic amines is 1. The lowest BCUT2D eigenvalue weighted by molar-refractivity contribution is 0.181. The van der Waals surface area contributed by atoms with E-state index in [9.17, 15) is 5.11 Å². The molecule has 1 aromatic rings. The van der Waals surface area contributed by atoms with Gasteiger partial charge in [0.1, 0.15) is 6.10 Å². The molecule has 1 atom stereocenters. The summed E-state index contributed by atoms with van der Waals surface area (Å²) in [4.78, 5) is 0. The summed E-state index contributed by atoms with van der Waals surface area (Å²) in [5, 5.41) is 15.5. The van der Waals surface area contributed by atoms with Crippen LogP contribution in [0.4, 0.5) is 0 Å². The van der Waals surface area contributed by atoms with Crippen molar-refractivity contribution in [2.24, 2.45) is 5.73 Å². The number of aromatic nitrogens is 2. The number of rotatable bonds is 2. The van der Waals surface area contributed by atoms with Crippen LogP contribution in [0.1, 0.15) is 11.8 Å². The number of aliphatic hydroxyl groups is 1. The summed E-state index contributed by atoms with van der Waals surface area (Å²) in [6, 6.07) is 0. The molecule has 1 rings (SSSR count). The van der Waals surface area contributed by atoms with E-state index in [2.05, 4.69) is 26.1 Å². The standard InChI is InChI=1S/C5H8BrN3O/c6-3-2-8-9-5(3)4(10)1-7/h2,4,10H,1,7H2,(H,8,9)/t4-/m1/s1. The van der Waals surface area contributed by atoms with Crippen molar-refractivity contribution >= 4 is 15.9 Å². The van der Waals surface area contributed by atoms with Crippen LogP contribution in [-0.2, 0) is 0 Å². The Labute approximate surface area is 66.6 Å². The van der Waals surface area contributed by atoms with E-state index in [0.29, 0.717) is 5.69 Å². The smallest absolute Gasteiger partial charge is 0.109 e. The number of hydrogen-bond acceptors (Lipinski definition) is 3. The SMILES string of the molecule is NC[C@@H](O)c1[nH]ncc1Br. The van der Waals surface area contributed by atoms with Gasteiger partial charge >= 0.3 is 0 Å². The Morgan fingerprint density at radius 2 is 2.60 bits per heavy atom. The maximum atomic E-state index is 9.17. The molecule has 0 aliphatic rings. The zero-order valence-corrected chi connectivity index (χ0v) is 6.80. The Morgan fingerprint density at radius 3 is 3.00 bits per heavy atom. The van der Waals surface area contributed by atoms with Gasteiger partial charge in [0.25, 0.3) is 0 Å². The monoisotopic (exact) mass is 205 g/mol. The second-order valence-corrected chi connectivity index (χ2v) is 2.74. The minimum absolute atomic E-state index is 0.195. The molecule has 0 radical (unpaired) electrons. The van der Waals surface area contributed by atoms with Crippen LogP contribution in [0, 0.1) is 0 Å². The largest absolute Gasteiger partial charge is 0.385 e. The molecule has 56 valence electrons. The van der Waals surface area contributed by atoms with E-state index in [1.807, 2.05) is 0 Å². The van der Waals surface area contributed by atoms with Crippen LogP contribution in [0.5, 0.6) is 0 Å². The molecule has 0 spiro atoms. The molecule has 0 saturated heterocycles. The van der Waals surface area contributed by atoms with Crippen LogP contribution in [0.25, 0.3) is 0 Å². The molecule has 0 amide bonds. The molecule has 1 aromatic heterocycles. The van der Waals surface area contributed by atoms with Crippen LogP contribution in [-0.4, -0.2) is 21.8 Å². The third-order valence-electron chi connectivity index (χ3n) is 1.18. The summed E-state index contributed by atoms with van der Waals surface area (Å²) in [6.07, 6.45) is 0.922. The topological polar surface area (TPSA) is 74.9 Å². The summed E-state index contributed by atoms with van der Waals surface area (Å²) >= 11 is 3.20. The van der Waals surface area contributed by atoms with Gasteiger partial charge in [0.2, 0.25) is 0 Å². The first kappa shape index (κ1) is 7.71. The predicted octanol–water partition coefficient (Wildman–Crippen LogP) is 0.164. The molecule has 1 heterocycles. The fraction of sp³-hybridized carbons (Fsp3) is 0.400. The number of halogens is 1. The molecule has 10 heavy (non-hydrogen) atoms. The van der Waals surface area contributed by atoms with E-state index in [1.54, 1.807) is 6.20 Å². The molecular weight excluding hydrogens is 198 g/mol. The van der Waals surface area contributed by atoms with Crippen LogP contribution >= 0.6 is 15.9 Å². The van der Waals surface area contributed by atoms with Crippen LogP contribution in [0.15, 0.2) is 10.7 Å². The molecule has 0 fully saturated rings. The van der Waals surface area contributed by atoms with Crippen LogP contribution in [0.3, 0.4) is 0 Å². The number of nitrogens with zero attached hydrogens (tertiary/aromatic N) is 1. The first-order chi connectivity index (χ1) is 4.75. The lowest BCUT2D eigenvalue weighted by atomic mass is 10.3. The van der Waals surface area contributed by atoms with E-state index in [0.717, 1.165) is 4.47 Å². The van der Waals surface area contributed by atoms with Gasteiger partial charge < -0.3 is 10.8 Å². The van der Waals surface area contributed by atoms with Gasteiger partial charge in [-0.05, 0) is 15.9 Å². The fourth-order valence-corrected chi connectivity index (χ4v) is 1.09. The molecule has 4 nitrogen and oxygen atoms in total. The second kappa shape index (κ2) is 3.14. The van der Waals surface area contributed by atoms with E-state index >= 15 is 0 Å². The Balaban J connectivity index is 2.82. The Hall–Kier alpha value is -0.390. The van der Waals surface area contributed by atoms with Crippen molar-refractivity contribution in [3.05, 3.63) is 16.4 Å².